The molecule has 1 aliphatic rings. The number of hydrogen-bond donors (Lipinski definition) is 2. The van der Waals surface area contributed by atoms with Gasteiger partial charge in [-0.3, -0.25) is 14.5 Å². The summed E-state index contributed by atoms with van der Waals surface area (Å²) in [5, 5.41) is 21.5. The molecule has 2 N–H and O–H groups in total. The lowest BCUT2D eigenvalue weighted by Gasteiger charge is -2.27. The van der Waals surface area contributed by atoms with E-state index in [1.165, 1.54) is 43.9 Å². The Morgan fingerprint density at radius 2 is 1.92 bits per heavy atom. The summed E-state index contributed by atoms with van der Waals surface area (Å²) in [4.78, 5) is 26.7. The number of nitriles is 1. The molecule has 1 aliphatic heterocycles. The Labute approximate surface area is 221 Å². The Morgan fingerprint density at radius 1 is 1.24 bits per heavy atom. The number of ether oxygens (including phenoxy) is 1. The highest BCUT2D eigenvalue weighted by Crippen LogP contribution is 2.35. The van der Waals surface area contributed by atoms with Gasteiger partial charge in [-0.15, -0.1) is 0 Å². The van der Waals surface area contributed by atoms with Gasteiger partial charge in [0.15, 0.2) is 16.7 Å². The van der Waals surface area contributed by atoms with Crippen molar-refractivity contribution in [3.8, 4) is 11.8 Å². The van der Waals surface area contributed by atoms with Crippen LogP contribution in [0.15, 0.2) is 36.4 Å². The normalized spacial score (nSPS) is 17.2. The number of carbonyl (C=O) groups is 2. The van der Waals surface area contributed by atoms with Crippen molar-refractivity contribution in [3.05, 3.63) is 53.3 Å². The average molecular weight is 553 g/mol. The van der Waals surface area contributed by atoms with Gasteiger partial charge >= 0.3 is 6.18 Å². The van der Waals surface area contributed by atoms with Gasteiger partial charge in [0.05, 0.1) is 36.0 Å². The van der Waals surface area contributed by atoms with Crippen molar-refractivity contribution >= 4 is 40.5 Å². The molecule has 3 rings (SSSR count). The first-order valence-electron chi connectivity index (χ1n) is 11.4. The third-order valence-corrected chi connectivity index (χ3v) is 6.03. The van der Waals surface area contributed by atoms with Gasteiger partial charge in [-0.2, -0.15) is 18.4 Å². The second-order valence-corrected chi connectivity index (χ2v) is 9.28. The molecule has 2 atom stereocenters. The molecule has 0 aromatic heterocycles. The Bertz CT molecular complexity index is 1300. The van der Waals surface area contributed by atoms with Gasteiger partial charge in [-0.25, -0.2) is 4.39 Å². The zero-order chi connectivity index (χ0) is 28.4. The van der Waals surface area contributed by atoms with Crippen LogP contribution in [-0.4, -0.2) is 52.2 Å². The quantitative estimate of drug-likeness (QED) is 0.426. The minimum Gasteiger partial charge on any atom is -0.483 e. The summed E-state index contributed by atoms with van der Waals surface area (Å²) in [5.41, 5.74) is -2.00. The molecule has 0 spiro atoms. The van der Waals surface area contributed by atoms with Gasteiger partial charge in [-0.1, -0.05) is 13.8 Å². The van der Waals surface area contributed by atoms with Crippen LogP contribution in [0.2, 0.25) is 0 Å². The SMILES string of the molecule is CC(=O)N1CC(O)C(Oc2ccc(NC(=S)N(C(=O)C(C)C)c3ccc(C#N)c(C(F)(F)F)c3)cc2F)C1. The number of rotatable bonds is 5. The van der Waals surface area contributed by atoms with Gasteiger partial charge in [0, 0.05) is 24.6 Å². The van der Waals surface area contributed by atoms with Crippen molar-refractivity contribution in [2.45, 2.75) is 39.2 Å². The van der Waals surface area contributed by atoms with E-state index in [1.54, 1.807) is 0 Å². The predicted molar refractivity (Wildman–Crippen MR) is 134 cm³/mol. The third-order valence-electron chi connectivity index (χ3n) is 5.75. The Morgan fingerprint density at radius 3 is 2.45 bits per heavy atom. The first kappa shape index (κ1) is 28.8. The maximum Gasteiger partial charge on any atom is 0.417 e. The van der Waals surface area contributed by atoms with E-state index in [0.717, 1.165) is 23.1 Å². The van der Waals surface area contributed by atoms with Gasteiger partial charge in [0.1, 0.15) is 12.2 Å². The zero-order valence-electron chi connectivity index (χ0n) is 20.5. The Hall–Kier alpha value is -3.76. The molecule has 2 amide bonds. The van der Waals surface area contributed by atoms with Crippen LogP contribution >= 0.6 is 12.2 Å². The van der Waals surface area contributed by atoms with Crippen LogP contribution < -0.4 is 15.0 Å². The number of likely N-dealkylation sites (tertiary alicyclic amines) is 1. The number of anilines is 2. The predicted octanol–water partition coefficient (Wildman–Crippen LogP) is 4.07. The number of aliphatic hydroxyl groups excluding tert-OH is 1. The summed E-state index contributed by atoms with van der Waals surface area (Å²) < 4.78 is 60.9. The van der Waals surface area contributed by atoms with E-state index in [1.807, 2.05) is 0 Å². The van der Waals surface area contributed by atoms with Crippen LogP contribution in [-0.2, 0) is 15.8 Å². The molecule has 0 radical (unpaired) electrons. The number of β-amino-alcohol motifs (C(OH)–C–C–N with tert-alkyl or cyclic N) is 1. The van der Waals surface area contributed by atoms with Gasteiger partial charge in [-0.05, 0) is 42.5 Å². The highest BCUT2D eigenvalue weighted by molar-refractivity contribution is 7.80. The molecule has 2 aromatic rings. The molecule has 13 heteroatoms. The number of hydrogen-bond acceptors (Lipinski definition) is 6. The van der Waals surface area contributed by atoms with E-state index in [-0.39, 0.29) is 41.2 Å². The van der Waals surface area contributed by atoms with Crippen molar-refractivity contribution < 1.29 is 37.0 Å². The highest BCUT2D eigenvalue weighted by Gasteiger charge is 2.36. The fraction of sp³-hybridized carbons (Fsp3) is 0.360. The smallest absolute Gasteiger partial charge is 0.417 e. The lowest BCUT2D eigenvalue weighted by Crippen LogP contribution is -2.42. The lowest BCUT2D eigenvalue weighted by molar-refractivity contribution is -0.137. The van der Waals surface area contributed by atoms with E-state index >= 15 is 0 Å². The molecule has 0 aliphatic carbocycles. The monoisotopic (exact) mass is 552 g/mol. The number of alkyl halides is 3. The van der Waals surface area contributed by atoms with E-state index in [4.69, 9.17) is 22.2 Å². The summed E-state index contributed by atoms with van der Waals surface area (Å²) in [7, 11) is 0. The van der Waals surface area contributed by atoms with Gasteiger partial charge in [0.2, 0.25) is 11.8 Å². The summed E-state index contributed by atoms with van der Waals surface area (Å²) in [6.07, 6.45) is -6.70. The van der Waals surface area contributed by atoms with Crippen molar-refractivity contribution in [3.63, 3.8) is 0 Å². The first-order chi connectivity index (χ1) is 17.7. The molecule has 38 heavy (non-hydrogen) atoms. The highest BCUT2D eigenvalue weighted by atomic mass is 32.1. The fourth-order valence-electron chi connectivity index (χ4n) is 3.75. The van der Waals surface area contributed by atoms with E-state index in [2.05, 4.69) is 5.32 Å². The number of benzene rings is 2. The molecule has 2 aromatic carbocycles. The van der Waals surface area contributed by atoms with Gasteiger partial charge in [0.25, 0.3) is 0 Å². The van der Waals surface area contributed by atoms with Crippen LogP contribution in [0.3, 0.4) is 0 Å². The molecule has 1 saturated heterocycles. The summed E-state index contributed by atoms with van der Waals surface area (Å²) in [6, 6.07) is 7.86. The third kappa shape index (κ3) is 6.38. The molecule has 0 bridgehead atoms. The topological polar surface area (TPSA) is 106 Å². The number of nitrogens with one attached hydrogen (secondary N) is 1. The maximum absolute atomic E-state index is 14.8. The number of halogens is 4. The van der Waals surface area contributed by atoms with Crippen molar-refractivity contribution in [2.24, 2.45) is 5.92 Å². The number of aliphatic hydroxyl groups is 1. The Balaban J connectivity index is 1.85. The Kier molecular flexibility index (Phi) is 8.58. The van der Waals surface area contributed by atoms with Gasteiger partial charge < -0.3 is 20.1 Å². The van der Waals surface area contributed by atoms with Crippen molar-refractivity contribution in [2.75, 3.05) is 23.3 Å². The molecule has 8 nitrogen and oxygen atoms in total. The lowest BCUT2D eigenvalue weighted by atomic mass is 10.1. The summed E-state index contributed by atoms with van der Waals surface area (Å²) in [6.45, 7) is 4.54. The van der Waals surface area contributed by atoms with Crippen LogP contribution in [0.4, 0.5) is 28.9 Å². The van der Waals surface area contributed by atoms with Crippen LogP contribution in [0.25, 0.3) is 0 Å². The second-order valence-electron chi connectivity index (χ2n) is 8.89. The number of thiocarbonyl (C=S) groups is 1. The molecule has 1 heterocycles. The number of amides is 2. The molecular weight excluding hydrogens is 528 g/mol. The second kappa shape index (κ2) is 11.3. The van der Waals surface area contributed by atoms with Crippen molar-refractivity contribution in [1.29, 1.82) is 5.26 Å². The molecule has 202 valence electrons. The van der Waals surface area contributed by atoms with E-state index < -0.39 is 47.2 Å². The molecule has 1 fully saturated rings. The molecule has 2 unspecified atom stereocenters. The number of nitrogens with zero attached hydrogens (tertiary/aromatic N) is 3. The number of carbonyl (C=O) groups excluding carboxylic acids is 2. The fourth-order valence-corrected chi connectivity index (χ4v) is 4.07. The summed E-state index contributed by atoms with van der Waals surface area (Å²) in [5.74, 6) is -2.60. The van der Waals surface area contributed by atoms with Crippen LogP contribution in [0.1, 0.15) is 31.9 Å². The average Bonchev–Trinajstić information content (AvgIpc) is 3.20. The minimum atomic E-state index is -4.85. The first-order valence-corrected chi connectivity index (χ1v) is 11.8. The van der Waals surface area contributed by atoms with E-state index in [9.17, 15) is 32.3 Å². The zero-order valence-corrected chi connectivity index (χ0v) is 21.4. The molecule has 0 saturated carbocycles. The van der Waals surface area contributed by atoms with Crippen molar-refractivity contribution in [1.82, 2.24) is 4.90 Å². The minimum absolute atomic E-state index is 0.0562. The molecular formula is C25H24F4N4O4S. The maximum atomic E-state index is 14.8. The van der Waals surface area contributed by atoms with E-state index in [0.29, 0.717) is 6.07 Å². The van der Waals surface area contributed by atoms with Crippen LogP contribution in [0, 0.1) is 23.1 Å². The largest absolute Gasteiger partial charge is 0.483 e. The van der Waals surface area contributed by atoms with Crippen LogP contribution in [0.5, 0.6) is 5.75 Å². The summed E-state index contributed by atoms with van der Waals surface area (Å²) >= 11 is 5.30. The standard InChI is InChI=1S/C25H24F4N4O4S/c1-13(2)23(36)33(17-6-4-15(10-30)18(9-17)25(27,28)29)24(38)31-16-5-7-21(19(26)8-16)37-22-12-32(14(3)34)11-20(22)35/h4-9,13,20,22,35H,11-12H2,1-3H3,(H,31,38).